The summed E-state index contributed by atoms with van der Waals surface area (Å²) in [4.78, 5) is 14.0. The Bertz CT molecular complexity index is 459. The molecule has 5 heteroatoms. The van der Waals surface area contributed by atoms with E-state index in [1.165, 1.54) is 6.07 Å². The number of nitrogens with two attached hydrogens (primary N) is 1. The molecule has 0 aromatic heterocycles. The van der Waals surface area contributed by atoms with Crippen molar-refractivity contribution < 1.29 is 9.18 Å². The Morgan fingerprint density at radius 3 is 2.68 bits per heavy atom. The van der Waals surface area contributed by atoms with Crippen molar-refractivity contribution in [3.8, 4) is 0 Å². The number of amides is 1. The minimum absolute atomic E-state index is 0.106. The lowest BCUT2D eigenvalue weighted by molar-refractivity contribution is -0.131. The molecule has 0 saturated carbocycles. The molecule has 0 unspecified atom stereocenters. The van der Waals surface area contributed by atoms with Crippen LogP contribution in [-0.4, -0.2) is 30.4 Å². The third-order valence-corrected chi connectivity index (χ3v) is 4.25. The second-order valence-corrected chi connectivity index (χ2v) is 5.84. The largest absolute Gasteiger partial charge is 0.342 e. The molecule has 19 heavy (non-hydrogen) atoms. The highest BCUT2D eigenvalue weighted by atomic mass is 79.9. The van der Waals surface area contributed by atoms with Gasteiger partial charge in [0.1, 0.15) is 5.82 Å². The van der Waals surface area contributed by atoms with Crippen molar-refractivity contribution in [2.24, 2.45) is 11.7 Å². The predicted molar refractivity (Wildman–Crippen MR) is 76.2 cm³/mol. The highest BCUT2D eigenvalue weighted by Crippen LogP contribution is 2.19. The molecule has 3 nitrogen and oxygen atoms in total. The molecular formula is C14H18BrFN2O. The van der Waals surface area contributed by atoms with Crippen molar-refractivity contribution in [3.05, 3.63) is 34.1 Å². The number of carbonyl (C=O) groups is 1. The zero-order chi connectivity index (χ0) is 13.8. The molecule has 0 bridgehead atoms. The summed E-state index contributed by atoms with van der Waals surface area (Å²) in [6.07, 6.45) is 2.29. The van der Waals surface area contributed by atoms with Gasteiger partial charge < -0.3 is 10.6 Å². The summed E-state index contributed by atoms with van der Waals surface area (Å²) >= 11 is 3.14. The van der Waals surface area contributed by atoms with Crippen LogP contribution in [0.2, 0.25) is 0 Å². The Morgan fingerprint density at radius 2 is 2.11 bits per heavy atom. The van der Waals surface area contributed by atoms with Gasteiger partial charge >= 0.3 is 0 Å². The van der Waals surface area contributed by atoms with Gasteiger partial charge in [0.25, 0.3) is 0 Å². The van der Waals surface area contributed by atoms with Crippen LogP contribution >= 0.6 is 15.9 Å². The molecule has 2 rings (SSSR count). The summed E-state index contributed by atoms with van der Waals surface area (Å²) < 4.78 is 13.5. The standard InChI is InChI=1S/C14H18BrFN2O/c15-12-7-11(1-2-13(12)16)8-14(19)18-5-3-10(9-17)4-6-18/h1-2,7,10H,3-6,8-9,17H2. The van der Waals surface area contributed by atoms with Gasteiger partial charge in [0, 0.05) is 13.1 Å². The topological polar surface area (TPSA) is 46.3 Å². The molecule has 1 saturated heterocycles. The molecule has 1 aromatic rings. The molecule has 1 aliphatic rings. The highest BCUT2D eigenvalue weighted by molar-refractivity contribution is 9.10. The summed E-state index contributed by atoms with van der Waals surface area (Å²) in [5.74, 6) is 0.345. The van der Waals surface area contributed by atoms with E-state index >= 15 is 0 Å². The molecule has 1 aliphatic heterocycles. The fraction of sp³-hybridized carbons (Fsp3) is 0.500. The summed E-state index contributed by atoms with van der Waals surface area (Å²) in [6.45, 7) is 2.26. The number of hydrogen-bond acceptors (Lipinski definition) is 2. The van der Waals surface area contributed by atoms with Crippen molar-refractivity contribution in [2.45, 2.75) is 19.3 Å². The molecule has 0 aliphatic carbocycles. The zero-order valence-corrected chi connectivity index (χ0v) is 12.3. The van der Waals surface area contributed by atoms with E-state index in [0.717, 1.165) is 31.5 Å². The van der Waals surface area contributed by atoms with E-state index in [-0.39, 0.29) is 11.7 Å². The molecule has 104 valence electrons. The fourth-order valence-corrected chi connectivity index (χ4v) is 2.78. The first-order valence-corrected chi connectivity index (χ1v) is 7.31. The second-order valence-electron chi connectivity index (χ2n) is 4.99. The number of carbonyl (C=O) groups excluding carboxylic acids is 1. The predicted octanol–water partition coefficient (Wildman–Crippen LogP) is 2.33. The van der Waals surface area contributed by atoms with Crippen LogP contribution in [0.25, 0.3) is 0 Å². The number of nitrogens with zero attached hydrogens (tertiary/aromatic N) is 1. The number of hydrogen-bond donors (Lipinski definition) is 1. The highest BCUT2D eigenvalue weighted by Gasteiger charge is 2.21. The first-order valence-electron chi connectivity index (χ1n) is 6.52. The van der Waals surface area contributed by atoms with E-state index in [9.17, 15) is 9.18 Å². The average molecular weight is 329 g/mol. The summed E-state index contributed by atoms with van der Waals surface area (Å²) in [6, 6.07) is 4.71. The number of halogens is 2. The van der Waals surface area contributed by atoms with Gasteiger partial charge in [-0.1, -0.05) is 6.07 Å². The van der Waals surface area contributed by atoms with Crippen molar-refractivity contribution in [3.63, 3.8) is 0 Å². The number of benzene rings is 1. The Hall–Kier alpha value is -0.940. The number of rotatable bonds is 3. The molecule has 1 amide bonds. The van der Waals surface area contributed by atoms with Gasteiger partial charge in [-0.25, -0.2) is 4.39 Å². The van der Waals surface area contributed by atoms with Crippen LogP contribution in [0.4, 0.5) is 4.39 Å². The molecule has 0 radical (unpaired) electrons. The van der Waals surface area contributed by atoms with Crippen LogP contribution in [0.3, 0.4) is 0 Å². The van der Waals surface area contributed by atoms with Gasteiger partial charge in [-0.3, -0.25) is 4.79 Å². The first-order chi connectivity index (χ1) is 9.10. The second kappa shape index (κ2) is 6.48. The van der Waals surface area contributed by atoms with Gasteiger partial charge in [-0.15, -0.1) is 0 Å². The number of likely N-dealkylation sites (tertiary alicyclic amines) is 1. The molecular weight excluding hydrogens is 311 g/mol. The molecule has 1 fully saturated rings. The molecule has 1 aromatic carbocycles. The van der Waals surface area contributed by atoms with Crippen LogP contribution in [0, 0.1) is 11.7 Å². The smallest absolute Gasteiger partial charge is 0.226 e. The van der Waals surface area contributed by atoms with E-state index in [2.05, 4.69) is 15.9 Å². The average Bonchev–Trinajstić information content (AvgIpc) is 2.43. The van der Waals surface area contributed by atoms with Gasteiger partial charge in [0.2, 0.25) is 5.91 Å². The normalized spacial score (nSPS) is 16.7. The third kappa shape index (κ3) is 3.76. The van der Waals surface area contributed by atoms with Crippen molar-refractivity contribution in [2.75, 3.05) is 19.6 Å². The maximum atomic E-state index is 13.1. The van der Waals surface area contributed by atoms with E-state index < -0.39 is 0 Å². The van der Waals surface area contributed by atoms with Gasteiger partial charge in [0.05, 0.1) is 10.9 Å². The van der Waals surface area contributed by atoms with Crippen LogP contribution in [-0.2, 0) is 11.2 Å². The van der Waals surface area contributed by atoms with Gasteiger partial charge in [-0.05, 0) is 58.9 Å². The summed E-state index contributed by atoms with van der Waals surface area (Å²) in [5.41, 5.74) is 6.47. The third-order valence-electron chi connectivity index (χ3n) is 3.64. The van der Waals surface area contributed by atoms with E-state index in [1.807, 2.05) is 4.90 Å². The Balaban J connectivity index is 1.92. The fourth-order valence-electron chi connectivity index (χ4n) is 2.35. The molecule has 0 spiro atoms. The quantitative estimate of drug-likeness (QED) is 0.925. The zero-order valence-electron chi connectivity index (χ0n) is 10.7. The van der Waals surface area contributed by atoms with Crippen molar-refractivity contribution >= 4 is 21.8 Å². The lowest BCUT2D eigenvalue weighted by Gasteiger charge is -2.31. The number of piperidine rings is 1. The monoisotopic (exact) mass is 328 g/mol. The van der Waals surface area contributed by atoms with Gasteiger partial charge in [0.15, 0.2) is 0 Å². The Labute approximate surface area is 121 Å². The van der Waals surface area contributed by atoms with Crippen molar-refractivity contribution in [1.82, 2.24) is 4.90 Å². The summed E-state index contributed by atoms with van der Waals surface area (Å²) in [7, 11) is 0. The maximum absolute atomic E-state index is 13.1. The first kappa shape index (κ1) is 14.5. The summed E-state index contributed by atoms with van der Waals surface area (Å²) in [5, 5.41) is 0. The Kier molecular flexibility index (Phi) is 4.93. The maximum Gasteiger partial charge on any atom is 0.226 e. The van der Waals surface area contributed by atoms with E-state index in [1.54, 1.807) is 12.1 Å². The van der Waals surface area contributed by atoms with Crippen LogP contribution in [0.1, 0.15) is 18.4 Å². The SMILES string of the molecule is NCC1CCN(C(=O)Cc2ccc(F)c(Br)c2)CC1. The van der Waals surface area contributed by atoms with Crippen LogP contribution in [0.5, 0.6) is 0 Å². The van der Waals surface area contributed by atoms with Crippen LogP contribution in [0.15, 0.2) is 22.7 Å². The lowest BCUT2D eigenvalue weighted by atomic mass is 9.96. The van der Waals surface area contributed by atoms with E-state index in [0.29, 0.717) is 23.4 Å². The van der Waals surface area contributed by atoms with Gasteiger partial charge in [-0.2, -0.15) is 0 Å². The Morgan fingerprint density at radius 1 is 1.42 bits per heavy atom. The van der Waals surface area contributed by atoms with Crippen LogP contribution < -0.4 is 5.73 Å². The minimum atomic E-state index is -0.306. The molecule has 0 atom stereocenters. The van der Waals surface area contributed by atoms with Crippen molar-refractivity contribution in [1.29, 1.82) is 0 Å². The van der Waals surface area contributed by atoms with E-state index in [4.69, 9.17) is 5.73 Å². The lowest BCUT2D eigenvalue weighted by Crippen LogP contribution is -2.40. The minimum Gasteiger partial charge on any atom is -0.342 e. The molecule has 2 N–H and O–H groups in total. The molecule has 1 heterocycles.